The van der Waals surface area contributed by atoms with Gasteiger partial charge in [-0.25, -0.2) is 0 Å². The zero-order valence-electron chi connectivity index (χ0n) is 8.29. The van der Waals surface area contributed by atoms with Crippen molar-refractivity contribution < 1.29 is 73.5 Å². The molecule has 0 rings (SSSR count). The van der Waals surface area contributed by atoms with Crippen LogP contribution in [0.1, 0.15) is 26.7 Å². The molecule has 0 aliphatic carbocycles. The van der Waals surface area contributed by atoms with Crippen molar-refractivity contribution in [3.63, 3.8) is 0 Å². The molecule has 3 nitrogen and oxygen atoms in total. The van der Waals surface area contributed by atoms with Gasteiger partial charge in [-0.15, -0.1) is 0 Å². The van der Waals surface area contributed by atoms with Crippen molar-refractivity contribution in [3.05, 3.63) is 12.2 Å². The molecule has 0 aromatic rings. The van der Waals surface area contributed by atoms with E-state index in [9.17, 15) is 0 Å². The second kappa shape index (κ2) is 18.5. The van der Waals surface area contributed by atoms with Gasteiger partial charge in [-0.05, 0) is 12.8 Å². The minimum absolute atomic E-state index is 0. The first kappa shape index (κ1) is 23.5. The fourth-order valence-electron chi connectivity index (χ4n) is 0.250. The number of hydrogen-bond acceptors (Lipinski definition) is 3. The fraction of sp³-hybridized carbons (Fsp3) is 0.667. The van der Waals surface area contributed by atoms with E-state index in [1.54, 1.807) is 0 Å². The quantitative estimate of drug-likeness (QED) is 0.259. The molecule has 60 valence electrons. The Morgan fingerprint density at radius 2 is 1.42 bits per heavy atom. The fourth-order valence-corrected chi connectivity index (χ4v) is 0.250. The minimum Gasteiger partial charge on any atom is -0.598 e. The third kappa shape index (κ3) is 41.0. The molecule has 0 aliphatic rings. The zero-order valence-corrected chi connectivity index (χ0v) is 13.2. The summed E-state index contributed by atoms with van der Waals surface area (Å²) in [6.07, 6.45) is 2.27. The number of rotatable bonds is 2. The first-order chi connectivity index (χ1) is 4.54. The van der Waals surface area contributed by atoms with E-state index in [-0.39, 0.29) is 59.1 Å². The zero-order chi connectivity index (χ0) is 8.57. The Kier molecular flexibility index (Phi) is 36.3. The number of allylic oxidation sites excluding steroid dienone is 1. The average molecular weight is 209 g/mol. The summed E-state index contributed by atoms with van der Waals surface area (Å²) in [6.45, 7) is 8.05. The minimum atomic E-state index is -3.37. The molecule has 0 radical (unpaired) electrons. The van der Waals surface area contributed by atoms with E-state index < -0.39 is 8.25 Å². The van der Waals surface area contributed by atoms with Crippen LogP contribution in [0.2, 0.25) is 0 Å². The van der Waals surface area contributed by atoms with Crippen molar-refractivity contribution in [2.45, 2.75) is 26.7 Å². The maximum Gasteiger partial charge on any atom is 1.00 e. The van der Waals surface area contributed by atoms with Gasteiger partial charge in [-0.1, -0.05) is 30.6 Å². The Balaban J connectivity index is -0.0000000483. The van der Waals surface area contributed by atoms with Crippen LogP contribution in [0.25, 0.3) is 0 Å². The van der Waals surface area contributed by atoms with E-state index >= 15 is 0 Å². The van der Waals surface area contributed by atoms with Crippen LogP contribution < -0.4 is 68.9 Å². The van der Waals surface area contributed by atoms with Gasteiger partial charge in [0, 0.05) is 0 Å². The maximum absolute atomic E-state index is 8.48. The van der Waals surface area contributed by atoms with Gasteiger partial charge in [0.05, 0.1) is 0 Å². The maximum atomic E-state index is 8.48. The molecule has 0 spiro atoms. The molecule has 0 bridgehead atoms. The molecule has 6 heteroatoms. The molecule has 0 aromatic carbocycles. The van der Waals surface area contributed by atoms with E-state index in [1.807, 2.05) is 0 Å². The largest absolute Gasteiger partial charge is 1.00 e. The summed E-state index contributed by atoms with van der Waals surface area (Å²) in [4.78, 5) is 17.0. The molecule has 0 aromatic heterocycles. The van der Waals surface area contributed by atoms with Gasteiger partial charge in [-0.2, -0.15) is 0 Å². The average Bonchev–Trinajstić information content (AvgIpc) is 1.85. The summed E-state index contributed by atoms with van der Waals surface area (Å²) in [6, 6.07) is 0. The van der Waals surface area contributed by atoms with E-state index in [1.165, 1.54) is 5.57 Å². The van der Waals surface area contributed by atoms with Crippen LogP contribution in [0.4, 0.5) is 0 Å². The third-order valence-corrected chi connectivity index (χ3v) is 1.000. The van der Waals surface area contributed by atoms with Gasteiger partial charge in [0.25, 0.3) is 8.25 Å². The van der Waals surface area contributed by atoms with Crippen LogP contribution in [-0.2, 0) is 4.57 Å². The van der Waals surface area contributed by atoms with Gasteiger partial charge in [0.1, 0.15) is 0 Å². The normalized spacial score (nSPS) is 6.33. The second-order valence-corrected chi connectivity index (χ2v) is 2.13. The molecule has 0 heterocycles. The van der Waals surface area contributed by atoms with Gasteiger partial charge < -0.3 is 9.79 Å². The molecule has 0 amide bonds. The van der Waals surface area contributed by atoms with E-state index in [0.717, 1.165) is 12.8 Å². The molecule has 0 saturated carbocycles. The second-order valence-electron chi connectivity index (χ2n) is 1.68. The van der Waals surface area contributed by atoms with Crippen LogP contribution in [0.15, 0.2) is 12.2 Å². The predicted octanol–water partition coefficient (Wildman–Crippen LogP) is -5.26. The van der Waals surface area contributed by atoms with Crippen LogP contribution >= 0.6 is 8.25 Å². The van der Waals surface area contributed by atoms with E-state index in [4.69, 9.17) is 14.4 Å². The molecule has 0 saturated heterocycles. The summed E-state index contributed by atoms with van der Waals surface area (Å²) in [5.41, 5.74) is 1.34. The Morgan fingerprint density at radius 1 is 1.25 bits per heavy atom. The smallest absolute Gasteiger partial charge is 0.598 e. The van der Waals surface area contributed by atoms with Crippen molar-refractivity contribution in [2.75, 3.05) is 0 Å². The summed E-state index contributed by atoms with van der Waals surface area (Å²) in [5.74, 6) is 0. The molecule has 12 heavy (non-hydrogen) atoms. The Morgan fingerprint density at radius 3 is 1.42 bits per heavy atom. The van der Waals surface area contributed by atoms with E-state index in [0.29, 0.717) is 0 Å². The molecule has 0 unspecified atom stereocenters. The molecule has 0 atom stereocenters. The summed E-state index contributed by atoms with van der Waals surface area (Å²) in [7, 11) is -3.37. The van der Waals surface area contributed by atoms with Gasteiger partial charge in [0.15, 0.2) is 0 Å². The van der Waals surface area contributed by atoms with Gasteiger partial charge in [-0.3, -0.25) is 0 Å². The van der Waals surface area contributed by atoms with Crippen LogP contribution in [0.5, 0.6) is 0 Å². The molecular weight excluding hydrogens is 197 g/mol. The van der Waals surface area contributed by atoms with Crippen molar-refractivity contribution in [1.82, 2.24) is 0 Å². The van der Waals surface area contributed by atoms with E-state index in [2.05, 4.69) is 20.4 Å². The standard InChI is InChI=1S/C6H12.2Na.HO3P/c1-4-6(3)5-2;;;1-4(2)3/h3-5H2,1-2H3;;;(H,1,2,3)/q;2*+1;/p-1. The van der Waals surface area contributed by atoms with Gasteiger partial charge in [0.2, 0.25) is 0 Å². The van der Waals surface area contributed by atoms with Crippen molar-refractivity contribution in [1.29, 1.82) is 0 Å². The monoisotopic (exact) mass is 209 g/mol. The van der Waals surface area contributed by atoms with Crippen LogP contribution in [0.3, 0.4) is 0 Å². The SMILES string of the molecule is C=C(CC)CC.O=[P+]([O-])[O-].[Na+].[Na+]. The summed E-state index contributed by atoms with van der Waals surface area (Å²) >= 11 is 0. The summed E-state index contributed by atoms with van der Waals surface area (Å²) < 4.78 is 8.48. The third-order valence-electron chi connectivity index (χ3n) is 1.000. The first-order valence-electron chi connectivity index (χ1n) is 3.02. The topological polar surface area (TPSA) is 63.2 Å². The van der Waals surface area contributed by atoms with Crippen molar-refractivity contribution in [2.24, 2.45) is 0 Å². The van der Waals surface area contributed by atoms with Crippen molar-refractivity contribution >= 4 is 8.25 Å². The Hall–Kier alpha value is 1.76. The first-order valence-corrected chi connectivity index (χ1v) is 4.12. The molecule has 0 aliphatic heterocycles. The molecule has 0 fully saturated rings. The van der Waals surface area contributed by atoms with Crippen molar-refractivity contribution in [3.8, 4) is 0 Å². The molecular formula is C6H12Na2O3P+. The van der Waals surface area contributed by atoms with Crippen LogP contribution in [0, 0.1) is 0 Å². The Labute approximate surface area is 119 Å². The molecule has 0 N–H and O–H groups in total. The summed E-state index contributed by atoms with van der Waals surface area (Å²) in [5, 5.41) is 0. The predicted molar refractivity (Wildman–Crippen MR) is 37.3 cm³/mol. The van der Waals surface area contributed by atoms with Crippen LogP contribution in [-0.4, -0.2) is 0 Å². The number of hydrogen-bond donors (Lipinski definition) is 0. The van der Waals surface area contributed by atoms with Gasteiger partial charge >= 0.3 is 59.1 Å². The Bertz CT molecular complexity index is 109.